The molecule has 0 amide bonds. The number of rotatable bonds is 38. The molecule has 300 valence electrons. The Kier molecular flexibility index (Phi) is 33.3. The van der Waals surface area contributed by atoms with E-state index in [0.717, 1.165) is 57.8 Å². The fraction of sp³-hybridized carbons (Fsp3) is 0.854. The van der Waals surface area contributed by atoms with Crippen LogP contribution in [-0.4, -0.2) is 74.9 Å². The maximum Gasteiger partial charge on any atom is 0.472 e. The Morgan fingerprint density at radius 1 is 0.647 bits per heavy atom. The summed E-state index contributed by atoms with van der Waals surface area (Å²) >= 11 is 0. The predicted molar refractivity (Wildman–Crippen MR) is 211 cm³/mol. The van der Waals surface area contributed by atoms with Crippen LogP contribution in [0.25, 0.3) is 0 Å². The minimum absolute atomic E-state index is 0.0309. The first-order valence-corrected chi connectivity index (χ1v) is 22.0. The number of allylic oxidation sites excluding steroid dienone is 3. The smallest absolute Gasteiger partial charge is 0.462 e. The molecule has 0 radical (unpaired) electrons. The number of phosphoric acid groups is 1. The van der Waals surface area contributed by atoms with Gasteiger partial charge in [-0.1, -0.05) is 128 Å². The molecule has 0 aliphatic rings. The Morgan fingerprint density at radius 3 is 1.59 bits per heavy atom. The van der Waals surface area contributed by atoms with Crippen LogP contribution in [0.3, 0.4) is 0 Å². The maximum absolute atomic E-state index is 12.6. The molecule has 0 aromatic carbocycles. The minimum atomic E-state index is -4.37. The van der Waals surface area contributed by atoms with E-state index in [1.807, 2.05) is 27.2 Å². The number of hydrogen-bond acceptors (Lipinski definition) is 7. The molecule has 0 aliphatic carbocycles. The summed E-state index contributed by atoms with van der Waals surface area (Å²) in [6.45, 7) is 5.90. The van der Waals surface area contributed by atoms with Crippen LogP contribution in [0.2, 0.25) is 0 Å². The van der Waals surface area contributed by atoms with Crippen molar-refractivity contribution in [3.8, 4) is 0 Å². The van der Waals surface area contributed by atoms with Gasteiger partial charge in [0, 0.05) is 12.8 Å². The van der Waals surface area contributed by atoms with Gasteiger partial charge < -0.3 is 18.9 Å². The Morgan fingerprint density at radius 2 is 1.10 bits per heavy atom. The van der Waals surface area contributed by atoms with Crippen molar-refractivity contribution in [2.75, 3.05) is 47.5 Å². The van der Waals surface area contributed by atoms with Gasteiger partial charge in [-0.2, -0.15) is 0 Å². The van der Waals surface area contributed by atoms with Crippen LogP contribution < -0.4 is 0 Å². The molecule has 0 rings (SSSR count). The van der Waals surface area contributed by atoms with E-state index in [2.05, 4.69) is 25.7 Å². The van der Waals surface area contributed by atoms with Gasteiger partial charge in [0.25, 0.3) is 0 Å². The van der Waals surface area contributed by atoms with E-state index in [1.165, 1.54) is 89.9 Å². The van der Waals surface area contributed by atoms with Crippen molar-refractivity contribution in [2.24, 2.45) is 0 Å². The standard InChI is InChI=1S/C41H78NO8P/c1-6-8-10-12-14-16-18-20-21-22-24-26-28-30-32-34-41(44)50-39(38-49-51(45,46)48-36-35-42(3,4)5)37-47-40(43)33-31-29-27-25-23-19-17-15-13-11-9-7-2/h6,15,17,39H,1,7-14,16,18-38H2,2-5H3/p+1/b17-15+/t39-/m1/s1. The van der Waals surface area contributed by atoms with Gasteiger partial charge in [-0.05, 0) is 51.4 Å². The van der Waals surface area contributed by atoms with Crippen LogP contribution in [0.5, 0.6) is 0 Å². The normalized spacial score (nSPS) is 13.7. The van der Waals surface area contributed by atoms with Crippen molar-refractivity contribution >= 4 is 19.8 Å². The number of quaternary nitrogens is 1. The Hall–Kier alpha value is -1.51. The van der Waals surface area contributed by atoms with E-state index in [-0.39, 0.29) is 32.0 Å². The summed E-state index contributed by atoms with van der Waals surface area (Å²) in [7, 11) is 1.47. The summed E-state index contributed by atoms with van der Waals surface area (Å²) in [5.74, 6) is -0.810. The second-order valence-corrected chi connectivity index (χ2v) is 16.6. The molecule has 2 atom stereocenters. The molecule has 0 aliphatic heterocycles. The molecule has 1 N–H and O–H groups in total. The van der Waals surface area contributed by atoms with Crippen molar-refractivity contribution in [3.63, 3.8) is 0 Å². The summed E-state index contributed by atoms with van der Waals surface area (Å²) in [6.07, 6.45) is 34.0. The van der Waals surface area contributed by atoms with Gasteiger partial charge >= 0.3 is 19.8 Å². The maximum atomic E-state index is 12.6. The van der Waals surface area contributed by atoms with Crippen molar-refractivity contribution in [1.82, 2.24) is 0 Å². The van der Waals surface area contributed by atoms with Gasteiger partial charge in [-0.15, -0.1) is 6.58 Å². The number of carbonyl (C=O) groups is 2. The molecule has 10 heteroatoms. The predicted octanol–water partition coefficient (Wildman–Crippen LogP) is 11.2. The second kappa shape index (κ2) is 34.3. The van der Waals surface area contributed by atoms with Crippen molar-refractivity contribution in [3.05, 3.63) is 24.8 Å². The van der Waals surface area contributed by atoms with E-state index in [1.54, 1.807) is 0 Å². The molecule has 9 nitrogen and oxygen atoms in total. The summed E-state index contributed by atoms with van der Waals surface area (Å²) < 4.78 is 34.2. The van der Waals surface area contributed by atoms with Crippen LogP contribution in [-0.2, 0) is 32.7 Å². The third-order valence-electron chi connectivity index (χ3n) is 8.85. The minimum Gasteiger partial charge on any atom is -0.462 e. The van der Waals surface area contributed by atoms with Gasteiger partial charge in [0.1, 0.15) is 19.8 Å². The molecule has 0 bridgehead atoms. The number of esters is 2. The molecular weight excluding hydrogens is 665 g/mol. The molecular formula is C41H79NO8P+. The van der Waals surface area contributed by atoms with E-state index in [0.29, 0.717) is 17.4 Å². The summed E-state index contributed by atoms with van der Waals surface area (Å²) in [5.41, 5.74) is 0. The Balaban J connectivity index is 4.38. The first-order valence-electron chi connectivity index (χ1n) is 20.5. The Labute approximate surface area is 313 Å². The van der Waals surface area contributed by atoms with Gasteiger partial charge in [-0.3, -0.25) is 18.6 Å². The van der Waals surface area contributed by atoms with Crippen LogP contribution >= 0.6 is 7.82 Å². The number of phosphoric ester groups is 1. The number of hydrogen-bond donors (Lipinski definition) is 1. The SMILES string of the molecule is C=CCCCCCCCCCCCCCCCC(=O)O[C@H](COC(=O)CCCCCCC/C=C/CCCCC)COP(=O)(O)OCC[N+](C)(C)C. The molecule has 0 heterocycles. The van der Waals surface area contributed by atoms with Gasteiger partial charge in [-0.25, -0.2) is 4.57 Å². The van der Waals surface area contributed by atoms with Gasteiger partial charge in [0.15, 0.2) is 6.10 Å². The quantitative estimate of drug-likeness (QED) is 0.0219. The van der Waals surface area contributed by atoms with Gasteiger partial charge in [0.2, 0.25) is 0 Å². The molecule has 0 aromatic rings. The zero-order valence-corrected chi connectivity index (χ0v) is 34.3. The third-order valence-corrected chi connectivity index (χ3v) is 9.83. The molecule has 51 heavy (non-hydrogen) atoms. The number of carbonyl (C=O) groups excluding carboxylic acids is 2. The summed E-state index contributed by atoms with van der Waals surface area (Å²) in [5, 5.41) is 0. The van der Waals surface area contributed by atoms with E-state index >= 15 is 0 Å². The van der Waals surface area contributed by atoms with Crippen molar-refractivity contribution in [1.29, 1.82) is 0 Å². The Bertz CT molecular complexity index is 920. The topological polar surface area (TPSA) is 108 Å². The fourth-order valence-corrected chi connectivity index (χ4v) is 6.32. The lowest BCUT2D eigenvalue weighted by Crippen LogP contribution is -2.37. The lowest BCUT2D eigenvalue weighted by atomic mass is 10.0. The fourth-order valence-electron chi connectivity index (χ4n) is 5.58. The van der Waals surface area contributed by atoms with Gasteiger partial charge in [0.05, 0.1) is 27.7 Å². The monoisotopic (exact) mass is 745 g/mol. The van der Waals surface area contributed by atoms with E-state index in [9.17, 15) is 19.0 Å². The highest BCUT2D eigenvalue weighted by Gasteiger charge is 2.27. The van der Waals surface area contributed by atoms with Crippen LogP contribution in [0, 0.1) is 0 Å². The molecule has 0 saturated heterocycles. The lowest BCUT2D eigenvalue weighted by Gasteiger charge is -2.24. The average Bonchev–Trinajstić information content (AvgIpc) is 3.07. The number of nitrogens with zero attached hydrogens (tertiary/aromatic N) is 1. The number of ether oxygens (including phenoxy) is 2. The first-order chi connectivity index (χ1) is 24.5. The highest BCUT2D eigenvalue weighted by Crippen LogP contribution is 2.43. The summed E-state index contributed by atoms with van der Waals surface area (Å²) in [4.78, 5) is 35.2. The zero-order chi connectivity index (χ0) is 37.9. The molecule has 0 fully saturated rings. The molecule has 1 unspecified atom stereocenters. The molecule has 0 saturated carbocycles. The number of likely N-dealkylation sites (N-methyl/N-ethyl adjacent to an activating group) is 1. The third kappa shape index (κ3) is 38.0. The highest BCUT2D eigenvalue weighted by atomic mass is 31.2. The average molecular weight is 745 g/mol. The van der Waals surface area contributed by atoms with Crippen LogP contribution in [0.15, 0.2) is 24.8 Å². The second-order valence-electron chi connectivity index (χ2n) is 15.1. The van der Waals surface area contributed by atoms with E-state index < -0.39 is 26.5 Å². The largest absolute Gasteiger partial charge is 0.472 e. The van der Waals surface area contributed by atoms with Crippen molar-refractivity contribution in [2.45, 2.75) is 180 Å². The number of unbranched alkanes of at least 4 members (excludes halogenated alkanes) is 21. The highest BCUT2D eigenvalue weighted by molar-refractivity contribution is 7.47. The van der Waals surface area contributed by atoms with Crippen LogP contribution in [0.1, 0.15) is 174 Å². The van der Waals surface area contributed by atoms with E-state index in [4.69, 9.17) is 18.5 Å². The molecule has 0 aromatic heterocycles. The summed E-state index contributed by atoms with van der Waals surface area (Å²) in [6, 6.07) is 0. The lowest BCUT2D eigenvalue weighted by molar-refractivity contribution is -0.870. The van der Waals surface area contributed by atoms with Crippen LogP contribution in [0.4, 0.5) is 0 Å². The zero-order valence-electron chi connectivity index (χ0n) is 33.4. The van der Waals surface area contributed by atoms with Crippen molar-refractivity contribution < 1.29 is 42.1 Å². The first kappa shape index (κ1) is 49.5. The molecule has 0 spiro atoms.